The lowest BCUT2D eigenvalue weighted by molar-refractivity contribution is 0.101. The summed E-state index contributed by atoms with van der Waals surface area (Å²) in [5.74, 6) is 0.409. The third-order valence-electron chi connectivity index (χ3n) is 1.82. The number of benzene rings is 1. The molecule has 0 aromatic heterocycles. The van der Waals surface area contributed by atoms with Gasteiger partial charge in [-0.3, -0.25) is 4.79 Å². The van der Waals surface area contributed by atoms with E-state index in [0.717, 1.165) is 0 Å². The van der Waals surface area contributed by atoms with Crippen LogP contribution in [0.2, 0.25) is 5.02 Å². The molecule has 0 aliphatic rings. The van der Waals surface area contributed by atoms with E-state index in [4.69, 9.17) is 22.1 Å². The number of nitrogens with two attached hydrogens (primary N) is 1. The van der Waals surface area contributed by atoms with Gasteiger partial charge in [0.25, 0.3) is 0 Å². The fraction of sp³-hybridized carbons (Fsp3) is 0.300. The number of hydrogen-bond acceptors (Lipinski definition) is 3. The summed E-state index contributed by atoms with van der Waals surface area (Å²) in [6, 6.07) is 3.27. The number of Topliss-reactive ketones (excluding diaryl/α,β-unsaturated/α-hetero) is 1. The molecule has 0 unspecified atom stereocenters. The first-order valence-electron chi connectivity index (χ1n) is 4.29. The summed E-state index contributed by atoms with van der Waals surface area (Å²) in [5, 5.41) is 0.267. The first-order chi connectivity index (χ1) is 6.57. The molecule has 0 saturated heterocycles. The smallest absolute Gasteiger partial charge is 0.161 e. The zero-order valence-electron chi connectivity index (χ0n) is 8.13. The van der Waals surface area contributed by atoms with Crippen molar-refractivity contribution in [2.24, 2.45) is 0 Å². The molecule has 0 saturated carbocycles. The molecule has 0 amide bonds. The van der Waals surface area contributed by atoms with E-state index in [-0.39, 0.29) is 10.8 Å². The molecule has 1 aromatic carbocycles. The number of carbonyl (C=O) groups is 1. The van der Waals surface area contributed by atoms with E-state index in [9.17, 15) is 4.79 Å². The summed E-state index contributed by atoms with van der Waals surface area (Å²) in [6.45, 7) is 3.81. The highest BCUT2D eigenvalue weighted by Gasteiger charge is 2.12. The molecule has 14 heavy (non-hydrogen) atoms. The molecule has 0 atom stereocenters. The van der Waals surface area contributed by atoms with Crippen LogP contribution in [0.15, 0.2) is 12.1 Å². The van der Waals surface area contributed by atoms with E-state index < -0.39 is 0 Å². The summed E-state index contributed by atoms with van der Waals surface area (Å²) in [6.07, 6.45) is 0. The fourth-order valence-electron chi connectivity index (χ4n) is 1.13. The molecule has 1 aromatic rings. The van der Waals surface area contributed by atoms with Crippen LogP contribution in [0, 0.1) is 0 Å². The van der Waals surface area contributed by atoms with Gasteiger partial charge in [-0.1, -0.05) is 11.6 Å². The number of anilines is 1. The molecule has 3 nitrogen and oxygen atoms in total. The predicted octanol–water partition coefficient (Wildman–Crippen LogP) is 2.52. The summed E-state index contributed by atoms with van der Waals surface area (Å²) in [5.41, 5.74) is 6.44. The molecule has 0 radical (unpaired) electrons. The quantitative estimate of drug-likeness (QED) is 0.620. The van der Waals surface area contributed by atoms with Gasteiger partial charge in [0.2, 0.25) is 0 Å². The van der Waals surface area contributed by atoms with Crippen molar-refractivity contribution >= 4 is 23.1 Å². The van der Waals surface area contributed by atoms with Crippen molar-refractivity contribution in [1.29, 1.82) is 0 Å². The van der Waals surface area contributed by atoms with Crippen molar-refractivity contribution < 1.29 is 9.53 Å². The van der Waals surface area contributed by atoms with E-state index in [2.05, 4.69) is 0 Å². The maximum atomic E-state index is 11.1. The van der Waals surface area contributed by atoms with Crippen molar-refractivity contribution in [3.05, 3.63) is 22.7 Å². The van der Waals surface area contributed by atoms with Crippen molar-refractivity contribution in [3.8, 4) is 5.75 Å². The van der Waals surface area contributed by atoms with Gasteiger partial charge in [0, 0.05) is 5.56 Å². The Morgan fingerprint density at radius 3 is 2.71 bits per heavy atom. The molecule has 4 heteroatoms. The lowest BCUT2D eigenvalue weighted by Gasteiger charge is -2.09. The van der Waals surface area contributed by atoms with Gasteiger partial charge in [0.1, 0.15) is 5.75 Å². The SMILES string of the molecule is CCOc1ccc(C(C)=O)c(Cl)c1N. The number of halogens is 1. The Labute approximate surface area is 87.8 Å². The van der Waals surface area contributed by atoms with E-state index in [0.29, 0.717) is 23.6 Å². The van der Waals surface area contributed by atoms with E-state index in [1.165, 1.54) is 6.92 Å². The van der Waals surface area contributed by atoms with Gasteiger partial charge in [-0.15, -0.1) is 0 Å². The van der Waals surface area contributed by atoms with E-state index in [1.807, 2.05) is 6.92 Å². The molecule has 1 rings (SSSR count). The van der Waals surface area contributed by atoms with Crippen molar-refractivity contribution in [2.75, 3.05) is 12.3 Å². The zero-order chi connectivity index (χ0) is 10.7. The van der Waals surface area contributed by atoms with E-state index in [1.54, 1.807) is 12.1 Å². The van der Waals surface area contributed by atoms with E-state index >= 15 is 0 Å². The second-order valence-electron chi connectivity index (χ2n) is 2.83. The third-order valence-corrected chi connectivity index (χ3v) is 2.23. The van der Waals surface area contributed by atoms with Crippen LogP contribution >= 0.6 is 11.6 Å². The third kappa shape index (κ3) is 1.99. The predicted molar refractivity (Wildman–Crippen MR) is 57.0 cm³/mol. The Morgan fingerprint density at radius 2 is 2.21 bits per heavy atom. The number of rotatable bonds is 3. The molecule has 76 valence electrons. The number of ketones is 1. The zero-order valence-corrected chi connectivity index (χ0v) is 8.89. The van der Waals surface area contributed by atoms with Crippen LogP contribution in [0.25, 0.3) is 0 Å². The normalized spacial score (nSPS) is 9.93. The summed E-state index contributed by atoms with van der Waals surface area (Å²) < 4.78 is 5.23. The standard InChI is InChI=1S/C10H12ClNO2/c1-3-14-8-5-4-7(6(2)13)9(11)10(8)12/h4-5H,3,12H2,1-2H3. The van der Waals surface area contributed by atoms with Gasteiger partial charge in [0.15, 0.2) is 5.78 Å². The summed E-state index contributed by atoms with van der Waals surface area (Å²) in [7, 11) is 0. The lowest BCUT2D eigenvalue weighted by Crippen LogP contribution is -2.01. The minimum absolute atomic E-state index is 0.107. The maximum Gasteiger partial charge on any atom is 0.161 e. The van der Waals surface area contributed by atoms with Crippen LogP contribution in [0.4, 0.5) is 5.69 Å². The Bertz CT molecular complexity index is 363. The second kappa shape index (κ2) is 4.33. The Kier molecular flexibility index (Phi) is 3.36. The second-order valence-corrected chi connectivity index (χ2v) is 3.21. The van der Waals surface area contributed by atoms with Crippen LogP contribution in [-0.4, -0.2) is 12.4 Å². The number of carbonyl (C=O) groups excluding carboxylic acids is 1. The van der Waals surface area contributed by atoms with Crippen LogP contribution in [0.3, 0.4) is 0 Å². The lowest BCUT2D eigenvalue weighted by atomic mass is 10.1. The first kappa shape index (κ1) is 10.9. The van der Waals surface area contributed by atoms with Gasteiger partial charge in [-0.25, -0.2) is 0 Å². The topological polar surface area (TPSA) is 52.3 Å². The average Bonchev–Trinajstić information content (AvgIpc) is 2.13. The van der Waals surface area contributed by atoms with Gasteiger partial charge < -0.3 is 10.5 Å². The van der Waals surface area contributed by atoms with Crippen LogP contribution in [0.1, 0.15) is 24.2 Å². The van der Waals surface area contributed by atoms with Gasteiger partial charge in [-0.2, -0.15) is 0 Å². The Morgan fingerprint density at radius 1 is 1.57 bits per heavy atom. The number of ether oxygens (including phenoxy) is 1. The van der Waals surface area contributed by atoms with Gasteiger partial charge >= 0.3 is 0 Å². The molecule has 0 bridgehead atoms. The van der Waals surface area contributed by atoms with Gasteiger partial charge in [0.05, 0.1) is 17.3 Å². The van der Waals surface area contributed by atoms with Crippen molar-refractivity contribution in [3.63, 3.8) is 0 Å². The Balaban J connectivity index is 3.19. The number of hydrogen-bond donors (Lipinski definition) is 1. The summed E-state index contributed by atoms with van der Waals surface area (Å²) >= 11 is 5.90. The highest BCUT2D eigenvalue weighted by atomic mass is 35.5. The Hall–Kier alpha value is -1.22. The van der Waals surface area contributed by atoms with Crippen molar-refractivity contribution in [2.45, 2.75) is 13.8 Å². The highest BCUT2D eigenvalue weighted by molar-refractivity contribution is 6.36. The monoisotopic (exact) mass is 213 g/mol. The summed E-state index contributed by atoms with van der Waals surface area (Å²) in [4.78, 5) is 11.1. The minimum atomic E-state index is -0.107. The molecule has 0 aliphatic carbocycles. The van der Waals surface area contributed by atoms with Crippen LogP contribution in [-0.2, 0) is 0 Å². The molecule has 0 fully saturated rings. The maximum absolute atomic E-state index is 11.1. The van der Waals surface area contributed by atoms with Gasteiger partial charge in [-0.05, 0) is 26.0 Å². The molecule has 2 N–H and O–H groups in total. The van der Waals surface area contributed by atoms with Crippen LogP contribution < -0.4 is 10.5 Å². The molecule has 0 spiro atoms. The molecule has 0 heterocycles. The molecular formula is C10H12ClNO2. The molecular weight excluding hydrogens is 202 g/mol. The fourth-order valence-corrected chi connectivity index (χ4v) is 1.42. The average molecular weight is 214 g/mol. The number of nitrogen functional groups attached to an aromatic ring is 1. The first-order valence-corrected chi connectivity index (χ1v) is 4.67. The highest BCUT2D eigenvalue weighted by Crippen LogP contribution is 2.32. The molecule has 0 aliphatic heterocycles. The minimum Gasteiger partial charge on any atom is -0.492 e. The largest absolute Gasteiger partial charge is 0.492 e. The van der Waals surface area contributed by atoms with Crippen LogP contribution in [0.5, 0.6) is 5.75 Å². The van der Waals surface area contributed by atoms with Crippen molar-refractivity contribution in [1.82, 2.24) is 0 Å².